The fourth-order valence-electron chi connectivity index (χ4n) is 0.832. The van der Waals surface area contributed by atoms with Crippen LogP contribution >= 0.6 is 0 Å². The minimum atomic E-state index is 0. The first kappa shape index (κ1) is 29.0. The molecule has 6 heteroatoms. The molecule has 0 aliphatic heterocycles. The molecular formula is C16H15AlClN3Zn. The number of pyridine rings is 3. The maximum atomic E-state index is 3.66. The SMILES string of the molecule is [Al+3].[CH3-].[Cl-].[Zn+2].[c-]1ccccn1.[c-]1ccccn1.[c-]1ccccn1. The van der Waals surface area contributed by atoms with Crippen molar-refractivity contribution in [2.24, 2.45) is 0 Å². The van der Waals surface area contributed by atoms with Gasteiger partial charge in [-0.15, -0.1) is 0 Å². The summed E-state index contributed by atoms with van der Waals surface area (Å²) in [4.78, 5) is 11.0. The zero-order valence-corrected chi connectivity index (χ0v) is 17.3. The summed E-state index contributed by atoms with van der Waals surface area (Å²) in [5.74, 6) is 0. The molecule has 3 heterocycles. The normalized spacial score (nSPS) is 6.55. The summed E-state index contributed by atoms with van der Waals surface area (Å²) in [6.07, 6.45) is 13.0. The quantitative estimate of drug-likeness (QED) is 0.400. The Morgan fingerprint density at radius 3 is 0.864 bits per heavy atom. The third-order valence-electron chi connectivity index (χ3n) is 1.55. The molecule has 3 nitrogen and oxygen atoms in total. The minimum absolute atomic E-state index is 0. The van der Waals surface area contributed by atoms with E-state index in [9.17, 15) is 0 Å². The Morgan fingerprint density at radius 1 is 0.545 bits per heavy atom. The summed E-state index contributed by atoms with van der Waals surface area (Å²) in [6.45, 7) is 0. The smallest absolute Gasteiger partial charge is 1.00 e. The van der Waals surface area contributed by atoms with Crippen LogP contribution in [0.2, 0.25) is 0 Å². The second kappa shape index (κ2) is 24.9. The van der Waals surface area contributed by atoms with Crippen LogP contribution in [-0.2, 0) is 19.5 Å². The summed E-state index contributed by atoms with van der Waals surface area (Å²) in [5, 5.41) is 0. The third kappa shape index (κ3) is 21.2. The van der Waals surface area contributed by atoms with Crippen LogP contribution in [0.4, 0.5) is 0 Å². The molecule has 3 aromatic rings. The molecule has 0 aliphatic carbocycles. The molecule has 0 aliphatic rings. The van der Waals surface area contributed by atoms with E-state index in [0.29, 0.717) is 0 Å². The van der Waals surface area contributed by atoms with Gasteiger partial charge in [0.15, 0.2) is 0 Å². The van der Waals surface area contributed by atoms with Gasteiger partial charge >= 0.3 is 36.8 Å². The monoisotopic (exact) mass is 375 g/mol. The van der Waals surface area contributed by atoms with E-state index in [-0.39, 0.29) is 56.7 Å². The van der Waals surface area contributed by atoms with Crippen molar-refractivity contribution in [3.63, 3.8) is 0 Å². The molecule has 106 valence electrons. The molecule has 3 rings (SSSR count). The zero-order chi connectivity index (χ0) is 12.7. The van der Waals surface area contributed by atoms with Crippen LogP contribution in [0.25, 0.3) is 0 Å². The number of nitrogens with zero attached hydrogens (tertiary/aromatic N) is 3. The molecule has 0 fully saturated rings. The number of hydrogen-bond donors (Lipinski definition) is 0. The number of halogens is 1. The van der Waals surface area contributed by atoms with Crippen molar-refractivity contribution in [3.05, 3.63) is 99.2 Å². The van der Waals surface area contributed by atoms with Crippen LogP contribution in [0, 0.1) is 26.0 Å². The molecule has 0 bridgehead atoms. The first-order valence-corrected chi connectivity index (χ1v) is 5.31. The predicted molar refractivity (Wildman–Crippen MR) is 81.4 cm³/mol. The third-order valence-corrected chi connectivity index (χ3v) is 1.55. The van der Waals surface area contributed by atoms with Crippen LogP contribution in [-0.4, -0.2) is 32.3 Å². The van der Waals surface area contributed by atoms with E-state index in [1.807, 2.05) is 36.4 Å². The fourth-order valence-corrected chi connectivity index (χ4v) is 0.832. The average Bonchev–Trinajstić information content (AvgIpc) is 2.54. The Labute approximate surface area is 162 Å². The van der Waals surface area contributed by atoms with Crippen molar-refractivity contribution in [3.8, 4) is 0 Å². The van der Waals surface area contributed by atoms with Crippen molar-refractivity contribution in [1.29, 1.82) is 0 Å². The molecule has 22 heavy (non-hydrogen) atoms. The van der Waals surface area contributed by atoms with Crippen LogP contribution in [0.15, 0.2) is 73.2 Å². The summed E-state index contributed by atoms with van der Waals surface area (Å²) < 4.78 is 0. The second-order valence-electron chi connectivity index (χ2n) is 2.88. The molecular weight excluding hydrogens is 362 g/mol. The van der Waals surface area contributed by atoms with E-state index in [4.69, 9.17) is 0 Å². The summed E-state index contributed by atoms with van der Waals surface area (Å²) in [6, 6.07) is 16.5. The van der Waals surface area contributed by atoms with E-state index >= 15 is 0 Å². The number of rotatable bonds is 0. The van der Waals surface area contributed by atoms with E-state index in [2.05, 4.69) is 33.5 Å². The van der Waals surface area contributed by atoms with Crippen molar-refractivity contribution >= 4 is 17.4 Å². The van der Waals surface area contributed by atoms with Crippen LogP contribution in [0.1, 0.15) is 0 Å². The number of aromatic nitrogens is 3. The first-order chi connectivity index (χ1) is 9.00. The Kier molecular flexibility index (Phi) is 32.8. The molecule has 0 aromatic carbocycles. The van der Waals surface area contributed by atoms with Crippen LogP contribution < -0.4 is 12.4 Å². The number of hydrogen-bond acceptors (Lipinski definition) is 3. The Morgan fingerprint density at radius 2 is 0.818 bits per heavy atom. The molecule has 0 amide bonds. The summed E-state index contributed by atoms with van der Waals surface area (Å²) in [7, 11) is 0. The maximum absolute atomic E-state index is 3.66. The molecule has 0 N–H and O–H groups in total. The van der Waals surface area contributed by atoms with Crippen molar-refractivity contribution in [2.45, 2.75) is 0 Å². The molecule has 0 saturated heterocycles. The molecule has 0 unspecified atom stereocenters. The van der Waals surface area contributed by atoms with Crippen LogP contribution in [0.3, 0.4) is 0 Å². The fraction of sp³-hybridized carbons (Fsp3) is 0. The largest absolute Gasteiger partial charge is 3.00 e. The Bertz CT molecular complexity index is 320. The van der Waals surface area contributed by atoms with Gasteiger partial charge in [-0.25, -0.2) is 0 Å². The summed E-state index contributed by atoms with van der Waals surface area (Å²) >= 11 is 0. The maximum Gasteiger partial charge on any atom is 3.00 e. The van der Waals surface area contributed by atoms with Gasteiger partial charge < -0.3 is 34.8 Å². The van der Waals surface area contributed by atoms with E-state index in [0.717, 1.165) is 0 Å². The molecule has 0 spiro atoms. The first-order valence-electron chi connectivity index (χ1n) is 5.31. The molecule has 0 saturated carbocycles. The Hall–Kier alpha value is -1.10. The Balaban J connectivity index is -0.000000101. The van der Waals surface area contributed by atoms with Gasteiger partial charge in [0, 0.05) is 0 Å². The summed E-state index contributed by atoms with van der Waals surface area (Å²) in [5.41, 5.74) is 0. The van der Waals surface area contributed by atoms with Gasteiger partial charge in [0.2, 0.25) is 0 Å². The molecule has 0 radical (unpaired) electrons. The van der Waals surface area contributed by atoms with Crippen LogP contribution in [0.5, 0.6) is 0 Å². The topological polar surface area (TPSA) is 38.7 Å². The average molecular weight is 377 g/mol. The van der Waals surface area contributed by atoms with Gasteiger partial charge in [-0.1, -0.05) is 37.2 Å². The van der Waals surface area contributed by atoms with E-state index < -0.39 is 0 Å². The molecule has 0 atom stereocenters. The van der Waals surface area contributed by atoms with E-state index in [1.54, 1.807) is 36.8 Å². The molecule has 3 aromatic heterocycles. The van der Waals surface area contributed by atoms with E-state index in [1.165, 1.54) is 0 Å². The second-order valence-corrected chi connectivity index (χ2v) is 2.88. The van der Waals surface area contributed by atoms with Gasteiger partial charge in [0.05, 0.1) is 0 Å². The van der Waals surface area contributed by atoms with Crippen molar-refractivity contribution in [1.82, 2.24) is 15.0 Å². The van der Waals surface area contributed by atoms with Gasteiger partial charge in [0.25, 0.3) is 0 Å². The standard InChI is InChI=1S/3C5H4N.CH3.Al.ClH.Zn/c3*1-2-4-6-5-3-1;;;;/h3*1-4H;1H3;;1H;/q4*-1;+3;;+2/p-1. The van der Waals surface area contributed by atoms with Crippen molar-refractivity contribution in [2.75, 3.05) is 0 Å². The minimum Gasteiger partial charge on any atom is -1.00 e. The van der Waals surface area contributed by atoms with Crippen molar-refractivity contribution < 1.29 is 31.9 Å². The van der Waals surface area contributed by atoms with Gasteiger partial charge in [0.1, 0.15) is 0 Å². The van der Waals surface area contributed by atoms with Gasteiger partial charge in [-0.05, 0) is 0 Å². The van der Waals surface area contributed by atoms with Gasteiger partial charge in [-0.2, -0.15) is 54.6 Å². The predicted octanol–water partition coefficient (Wildman–Crippen LogP) is -0.284. The zero-order valence-electron chi connectivity index (χ0n) is 12.4. The van der Waals surface area contributed by atoms with Gasteiger partial charge in [-0.3, -0.25) is 0 Å².